The maximum Gasteiger partial charge on any atom is 1.00 e. The van der Waals surface area contributed by atoms with Crippen LogP contribution in [-0.4, -0.2) is 11.1 Å². The van der Waals surface area contributed by atoms with Gasteiger partial charge in [0.05, 0.1) is 6.07 Å². The molecule has 0 aliphatic carbocycles. The van der Waals surface area contributed by atoms with Crippen LogP contribution >= 0.6 is 0 Å². The van der Waals surface area contributed by atoms with Crippen molar-refractivity contribution in [2.24, 2.45) is 0 Å². The highest BCUT2D eigenvalue weighted by molar-refractivity contribution is 5.78. The second-order valence-corrected chi connectivity index (χ2v) is 0.876. The van der Waals surface area contributed by atoms with Gasteiger partial charge < -0.3 is 5.11 Å². The molecule has 1 N–H and O–H groups in total. The number of hydrogen-bond donors (Lipinski definition) is 1. The van der Waals surface area contributed by atoms with Gasteiger partial charge in [0, 0.05) is 12.2 Å². The van der Waals surface area contributed by atoms with Gasteiger partial charge in [0.1, 0.15) is 0 Å². The fourth-order valence-corrected chi connectivity index (χ4v) is 0. The van der Waals surface area contributed by atoms with E-state index < -0.39 is 5.97 Å². The summed E-state index contributed by atoms with van der Waals surface area (Å²) in [5.74, 6) is -0.981. The quantitative estimate of drug-likeness (QED) is 0.422. The Bertz CT molecular complexity index is 148. The van der Waals surface area contributed by atoms with Gasteiger partial charge in [-0.05, 0) is 0 Å². The normalized spacial score (nSPS) is 5.22. The summed E-state index contributed by atoms with van der Waals surface area (Å²) in [4.78, 5) is 9.25. The molecule has 0 saturated heterocycles. The number of aliphatic carboxylic acids is 1. The van der Waals surface area contributed by atoms with Crippen molar-refractivity contribution in [3.8, 4) is 6.07 Å². The number of nitrogens with zero attached hydrogens (tertiary/aromatic N) is 1. The Morgan fingerprint density at radius 2 is 2.00 bits per heavy atom. The predicted octanol–water partition coefficient (Wildman–Crippen LogP) is 1.07. The Hall–Kier alpha value is -1.56. The Morgan fingerprint density at radius 3 is 2.00 bits per heavy atom. The fraction of sp³-hybridized carbons (Fsp3) is 0. The Kier molecular flexibility index (Phi) is 11.2. The molecule has 3 heteroatoms. The van der Waals surface area contributed by atoms with E-state index >= 15 is 0 Å². The zero-order chi connectivity index (χ0) is 7.70. The van der Waals surface area contributed by atoms with Crippen LogP contribution in [0.5, 0.6) is 0 Å². The van der Waals surface area contributed by atoms with Crippen LogP contribution in [0.4, 0.5) is 0 Å². The molecule has 0 aromatic rings. The molecule has 0 heterocycles. The molecule has 0 unspecified atom stereocenters. The summed E-state index contributed by atoms with van der Waals surface area (Å²) in [5.41, 5.74) is 0. The summed E-state index contributed by atoms with van der Waals surface area (Å²) in [6.45, 7) is 6.08. The monoisotopic (exact) mass is 126 g/mol. The Morgan fingerprint density at radius 1 is 1.78 bits per heavy atom. The molecule has 48 valence electrons. The lowest BCUT2D eigenvalue weighted by molar-refractivity contribution is -0.131. The molecule has 0 amide bonds. The molecule has 0 radical (unpaired) electrons. The fourth-order valence-electron chi connectivity index (χ4n) is 0. The van der Waals surface area contributed by atoms with E-state index in [1.54, 1.807) is 6.07 Å². The zero-order valence-electron chi connectivity index (χ0n) is 5.87. The van der Waals surface area contributed by atoms with Gasteiger partial charge in [0.25, 0.3) is 0 Å². The number of carbonyl (C=O) groups is 1. The molecule has 0 rings (SSSR count). The third-order valence-corrected chi connectivity index (χ3v) is 0.266. The van der Waals surface area contributed by atoms with Crippen molar-refractivity contribution in [3.63, 3.8) is 0 Å². The third kappa shape index (κ3) is 61.2. The Balaban J connectivity index is -0.0000000910. The molecule has 0 spiro atoms. The van der Waals surface area contributed by atoms with Crippen LogP contribution in [0.15, 0.2) is 25.3 Å². The summed E-state index contributed by atoms with van der Waals surface area (Å²) in [7, 11) is 0. The highest BCUT2D eigenvalue weighted by Crippen LogP contribution is 1.54. The van der Waals surface area contributed by atoms with Crippen molar-refractivity contribution >= 4 is 5.97 Å². The Labute approximate surface area is 55.0 Å². The molecular weight excluding hydrogens is 118 g/mol. The van der Waals surface area contributed by atoms with E-state index in [1.165, 1.54) is 6.08 Å². The third-order valence-electron chi connectivity index (χ3n) is 0.266. The number of hydrogen-bond acceptors (Lipinski definition) is 2. The maximum absolute atomic E-state index is 9.25. The van der Waals surface area contributed by atoms with Crippen molar-refractivity contribution < 1.29 is 11.3 Å². The van der Waals surface area contributed by atoms with Gasteiger partial charge in [-0.2, -0.15) is 5.26 Å². The first kappa shape index (κ1) is 10.4. The van der Waals surface area contributed by atoms with Gasteiger partial charge >= 0.3 is 7.40 Å². The molecule has 0 aliphatic rings. The molecule has 0 aromatic heterocycles. The maximum atomic E-state index is 9.25. The predicted molar refractivity (Wildman–Crippen MR) is 34.8 cm³/mol. The van der Waals surface area contributed by atoms with E-state index in [4.69, 9.17) is 10.4 Å². The summed E-state index contributed by atoms with van der Waals surface area (Å²) in [5, 5.41) is 15.1. The SMILES string of the molecule is C=CC#N.C=CC(=O)O.[H+]. The van der Waals surface area contributed by atoms with Crippen LogP contribution in [0.1, 0.15) is 1.43 Å². The molecular formula is C6H8NO2+. The van der Waals surface area contributed by atoms with E-state index in [1.807, 2.05) is 0 Å². The standard InChI is InChI=1S/C3H3N.C3H4O2/c1-2-3-4;1-2-3(4)5/h2H,1H2;2H,1H2,(H,4,5)/p+1. The summed E-state index contributed by atoms with van der Waals surface area (Å²) in [6, 6.07) is 1.69. The van der Waals surface area contributed by atoms with E-state index in [0.717, 1.165) is 6.08 Å². The minimum atomic E-state index is -0.981. The highest BCUT2D eigenvalue weighted by atomic mass is 16.4. The largest absolute Gasteiger partial charge is 1.00 e. The lowest BCUT2D eigenvalue weighted by atomic mass is 10.7. The minimum Gasteiger partial charge on any atom is -0.478 e. The van der Waals surface area contributed by atoms with Gasteiger partial charge in [-0.3, -0.25) is 0 Å². The topological polar surface area (TPSA) is 61.1 Å². The molecule has 0 saturated carbocycles. The smallest absolute Gasteiger partial charge is 0.478 e. The minimum absolute atomic E-state index is 0. The van der Waals surface area contributed by atoms with Crippen molar-refractivity contribution in [2.45, 2.75) is 0 Å². The lowest BCUT2D eigenvalue weighted by Gasteiger charge is -1.64. The number of carboxylic acids is 1. The molecule has 0 aliphatic heterocycles. The number of allylic oxidation sites excluding steroid dienone is 1. The number of nitriles is 1. The van der Waals surface area contributed by atoms with Crippen LogP contribution < -0.4 is 0 Å². The lowest BCUT2D eigenvalue weighted by Crippen LogP contribution is -1.82. The van der Waals surface area contributed by atoms with E-state index in [0.29, 0.717) is 0 Å². The van der Waals surface area contributed by atoms with Gasteiger partial charge in [-0.25, -0.2) is 4.79 Å². The van der Waals surface area contributed by atoms with Gasteiger partial charge in [-0.1, -0.05) is 13.2 Å². The van der Waals surface area contributed by atoms with Crippen LogP contribution in [0.3, 0.4) is 0 Å². The number of carboxylic acid groups (broad SMARTS) is 1. The van der Waals surface area contributed by atoms with Crippen molar-refractivity contribution in [3.05, 3.63) is 25.3 Å². The van der Waals surface area contributed by atoms with Crippen LogP contribution in [0, 0.1) is 11.3 Å². The summed E-state index contributed by atoms with van der Waals surface area (Å²) < 4.78 is 0. The second-order valence-electron chi connectivity index (χ2n) is 0.876. The van der Waals surface area contributed by atoms with Gasteiger partial charge in [0.2, 0.25) is 0 Å². The van der Waals surface area contributed by atoms with Crippen molar-refractivity contribution in [1.82, 2.24) is 0 Å². The first-order chi connectivity index (χ1) is 4.18. The van der Waals surface area contributed by atoms with Gasteiger partial charge in [-0.15, -0.1) is 0 Å². The zero-order valence-corrected chi connectivity index (χ0v) is 4.87. The van der Waals surface area contributed by atoms with Crippen molar-refractivity contribution in [2.75, 3.05) is 0 Å². The van der Waals surface area contributed by atoms with E-state index in [-0.39, 0.29) is 1.43 Å². The molecule has 9 heavy (non-hydrogen) atoms. The molecule has 0 fully saturated rings. The van der Waals surface area contributed by atoms with E-state index in [2.05, 4.69) is 13.2 Å². The van der Waals surface area contributed by atoms with E-state index in [9.17, 15) is 4.79 Å². The van der Waals surface area contributed by atoms with Crippen LogP contribution in [0.2, 0.25) is 0 Å². The average molecular weight is 126 g/mol. The first-order valence-electron chi connectivity index (χ1n) is 2.05. The molecule has 0 aromatic carbocycles. The second kappa shape index (κ2) is 9.67. The van der Waals surface area contributed by atoms with Crippen LogP contribution in [0.25, 0.3) is 0 Å². The molecule has 3 nitrogen and oxygen atoms in total. The number of rotatable bonds is 1. The summed E-state index contributed by atoms with van der Waals surface area (Å²) >= 11 is 0. The molecule has 0 atom stereocenters. The van der Waals surface area contributed by atoms with Crippen LogP contribution in [-0.2, 0) is 4.79 Å². The average Bonchev–Trinajstić information content (AvgIpc) is 1.89. The first-order valence-corrected chi connectivity index (χ1v) is 2.05. The molecule has 0 bridgehead atoms. The van der Waals surface area contributed by atoms with Gasteiger partial charge in [0.15, 0.2) is 0 Å². The van der Waals surface area contributed by atoms with Crippen molar-refractivity contribution in [1.29, 1.82) is 5.26 Å². The summed E-state index contributed by atoms with van der Waals surface area (Å²) in [6.07, 6.45) is 2.01. The highest BCUT2D eigenvalue weighted by Gasteiger charge is 1.73.